The zero-order valence-electron chi connectivity index (χ0n) is 11.8. The van der Waals surface area contributed by atoms with Crippen LogP contribution in [-0.4, -0.2) is 0 Å². The maximum absolute atomic E-state index is 2.26. The summed E-state index contributed by atoms with van der Waals surface area (Å²) in [5, 5.41) is 0. The maximum Gasteiger partial charge on any atom is -0.00642 e. The van der Waals surface area contributed by atoms with Crippen LogP contribution in [-0.2, 0) is 6.42 Å². The van der Waals surface area contributed by atoms with Crippen LogP contribution in [0.4, 0.5) is 0 Å². The van der Waals surface area contributed by atoms with E-state index in [0.29, 0.717) is 0 Å². The molecule has 0 radical (unpaired) electrons. The lowest BCUT2D eigenvalue weighted by Crippen LogP contribution is -1.93. The molecular weight excluding hydrogens is 252 g/mol. The lowest BCUT2D eigenvalue weighted by atomic mass is 9.88. The summed E-state index contributed by atoms with van der Waals surface area (Å²) >= 11 is 0. The Balaban J connectivity index is 2.01. The molecule has 0 bridgehead atoms. The Kier molecular flexibility index (Phi) is 2.93. The molecule has 0 unspecified atom stereocenters. The zero-order valence-corrected chi connectivity index (χ0v) is 11.8. The predicted molar refractivity (Wildman–Crippen MR) is 90.1 cm³/mol. The lowest BCUT2D eigenvalue weighted by Gasteiger charge is -2.15. The molecule has 0 spiro atoms. The third-order valence-corrected chi connectivity index (χ3v) is 4.12. The van der Waals surface area contributed by atoms with Crippen LogP contribution in [0.1, 0.15) is 11.1 Å². The Morgan fingerprint density at radius 1 is 0.619 bits per heavy atom. The molecule has 1 aliphatic rings. The van der Waals surface area contributed by atoms with E-state index in [-0.39, 0.29) is 0 Å². The van der Waals surface area contributed by atoms with E-state index in [1.807, 2.05) is 0 Å². The minimum Gasteiger partial charge on any atom is -0.0795 e. The van der Waals surface area contributed by atoms with Crippen molar-refractivity contribution >= 4 is 6.08 Å². The Morgan fingerprint density at radius 3 is 2.00 bits per heavy atom. The molecule has 0 aromatic heterocycles. The molecule has 0 heteroatoms. The normalized spacial score (nSPS) is 12.4. The van der Waals surface area contributed by atoms with Gasteiger partial charge in [0.05, 0.1) is 0 Å². The summed E-state index contributed by atoms with van der Waals surface area (Å²) in [6, 6.07) is 25.9. The van der Waals surface area contributed by atoms with E-state index in [1.54, 1.807) is 0 Å². The van der Waals surface area contributed by atoms with Crippen LogP contribution in [0.5, 0.6) is 0 Å². The second kappa shape index (κ2) is 5.06. The van der Waals surface area contributed by atoms with E-state index >= 15 is 0 Å². The van der Waals surface area contributed by atoms with Crippen molar-refractivity contribution in [1.29, 1.82) is 0 Å². The first-order chi connectivity index (χ1) is 10.4. The number of hydrogen-bond donors (Lipinski definition) is 0. The van der Waals surface area contributed by atoms with E-state index in [9.17, 15) is 0 Å². The minimum absolute atomic E-state index is 1.03. The van der Waals surface area contributed by atoms with E-state index in [2.05, 4.69) is 84.9 Å². The van der Waals surface area contributed by atoms with Gasteiger partial charge in [-0.25, -0.2) is 0 Å². The smallest absolute Gasteiger partial charge is 0.00642 e. The van der Waals surface area contributed by atoms with E-state index < -0.39 is 0 Å². The predicted octanol–water partition coefficient (Wildman–Crippen LogP) is 5.59. The Bertz CT molecular complexity index is 796. The quantitative estimate of drug-likeness (QED) is 0.568. The molecule has 0 fully saturated rings. The summed E-state index contributed by atoms with van der Waals surface area (Å²) in [7, 11) is 0. The molecular formula is C21H16. The van der Waals surface area contributed by atoms with Crippen LogP contribution in [0.15, 0.2) is 78.9 Å². The topological polar surface area (TPSA) is 0 Å². The molecule has 0 N–H and O–H groups in total. The molecule has 0 saturated carbocycles. The highest BCUT2D eigenvalue weighted by Crippen LogP contribution is 2.39. The molecule has 21 heavy (non-hydrogen) atoms. The van der Waals surface area contributed by atoms with E-state index in [1.165, 1.54) is 33.4 Å². The van der Waals surface area contributed by atoms with Crippen LogP contribution in [0, 0.1) is 0 Å². The van der Waals surface area contributed by atoms with Crippen LogP contribution in [0.2, 0.25) is 0 Å². The SMILES string of the molecule is C1=Cc2ccc(-c3ccccc3)c(-c3ccccc3)c2C1. The average Bonchev–Trinajstić information content (AvgIpc) is 3.04. The summed E-state index contributed by atoms with van der Waals surface area (Å²) in [6.07, 6.45) is 5.52. The summed E-state index contributed by atoms with van der Waals surface area (Å²) in [4.78, 5) is 0. The zero-order chi connectivity index (χ0) is 14.1. The maximum atomic E-state index is 2.26. The molecule has 0 aliphatic heterocycles. The fourth-order valence-corrected chi connectivity index (χ4v) is 3.14. The van der Waals surface area contributed by atoms with Gasteiger partial charge in [0, 0.05) is 0 Å². The van der Waals surface area contributed by atoms with Crippen molar-refractivity contribution in [2.75, 3.05) is 0 Å². The molecule has 0 amide bonds. The van der Waals surface area contributed by atoms with Crippen molar-refractivity contribution in [1.82, 2.24) is 0 Å². The van der Waals surface area contributed by atoms with Crippen molar-refractivity contribution in [3.8, 4) is 22.3 Å². The summed E-state index contributed by atoms with van der Waals surface area (Å²) < 4.78 is 0. The second-order valence-electron chi connectivity index (χ2n) is 5.39. The number of rotatable bonds is 2. The van der Waals surface area contributed by atoms with Gasteiger partial charge in [-0.15, -0.1) is 0 Å². The number of hydrogen-bond acceptors (Lipinski definition) is 0. The molecule has 0 saturated heterocycles. The first-order valence-electron chi connectivity index (χ1n) is 7.37. The minimum atomic E-state index is 1.03. The Labute approximate surface area is 125 Å². The van der Waals surface area contributed by atoms with Gasteiger partial charge < -0.3 is 0 Å². The van der Waals surface area contributed by atoms with Gasteiger partial charge in [-0.3, -0.25) is 0 Å². The molecule has 100 valence electrons. The summed E-state index contributed by atoms with van der Waals surface area (Å²) in [5.74, 6) is 0. The van der Waals surface area contributed by atoms with Crippen LogP contribution in [0.25, 0.3) is 28.3 Å². The summed E-state index contributed by atoms with van der Waals surface area (Å²) in [6.45, 7) is 0. The van der Waals surface area contributed by atoms with Gasteiger partial charge in [-0.05, 0) is 39.8 Å². The second-order valence-corrected chi connectivity index (χ2v) is 5.39. The fraction of sp³-hybridized carbons (Fsp3) is 0.0476. The van der Waals surface area contributed by atoms with Gasteiger partial charge in [0.1, 0.15) is 0 Å². The molecule has 0 heterocycles. The number of allylic oxidation sites excluding steroid dienone is 1. The number of fused-ring (bicyclic) bond motifs is 1. The standard InChI is InChI=1S/C21H16/c1-3-8-16(9-4-1)20-15-14-17-12-7-13-19(17)21(20)18-10-5-2-6-11-18/h1-12,14-15H,13H2. The highest BCUT2D eigenvalue weighted by Gasteiger charge is 2.16. The molecule has 3 aromatic rings. The number of benzene rings is 3. The Morgan fingerprint density at radius 2 is 1.29 bits per heavy atom. The van der Waals surface area contributed by atoms with Gasteiger partial charge in [0.25, 0.3) is 0 Å². The van der Waals surface area contributed by atoms with Crippen molar-refractivity contribution in [3.63, 3.8) is 0 Å². The lowest BCUT2D eigenvalue weighted by molar-refractivity contribution is 1.31. The third-order valence-electron chi connectivity index (χ3n) is 4.12. The largest absolute Gasteiger partial charge is 0.0795 e. The van der Waals surface area contributed by atoms with E-state index in [4.69, 9.17) is 0 Å². The van der Waals surface area contributed by atoms with Crippen LogP contribution >= 0.6 is 0 Å². The van der Waals surface area contributed by atoms with Crippen molar-refractivity contribution < 1.29 is 0 Å². The first-order valence-corrected chi connectivity index (χ1v) is 7.37. The molecule has 0 nitrogen and oxygen atoms in total. The fourth-order valence-electron chi connectivity index (χ4n) is 3.14. The van der Waals surface area contributed by atoms with Crippen LogP contribution in [0.3, 0.4) is 0 Å². The van der Waals surface area contributed by atoms with Gasteiger partial charge in [0.15, 0.2) is 0 Å². The van der Waals surface area contributed by atoms with Gasteiger partial charge >= 0.3 is 0 Å². The highest BCUT2D eigenvalue weighted by atomic mass is 14.2. The molecule has 3 aromatic carbocycles. The molecule has 1 aliphatic carbocycles. The highest BCUT2D eigenvalue weighted by molar-refractivity contribution is 5.89. The average molecular weight is 268 g/mol. The monoisotopic (exact) mass is 268 g/mol. The Hall–Kier alpha value is -2.60. The van der Waals surface area contributed by atoms with Crippen LogP contribution < -0.4 is 0 Å². The summed E-state index contributed by atoms with van der Waals surface area (Å²) in [5.41, 5.74) is 8.09. The molecule has 0 atom stereocenters. The van der Waals surface area contributed by atoms with Gasteiger partial charge in [-0.1, -0.05) is 84.9 Å². The first kappa shape index (κ1) is 12.2. The van der Waals surface area contributed by atoms with Crippen molar-refractivity contribution in [3.05, 3.63) is 90.0 Å². The van der Waals surface area contributed by atoms with Gasteiger partial charge in [-0.2, -0.15) is 0 Å². The van der Waals surface area contributed by atoms with Crippen molar-refractivity contribution in [2.45, 2.75) is 6.42 Å². The van der Waals surface area contributed by atoms with Gasteiger partial charge in [0.2, 0.25) is 0 Å². The third kappa shape index (κ3) is 2.09. The molecule has 4 rings (SSSR count). The van der Waals surface area contributed by atoms with E-state index in [0.717, 1.165) is 6.42 Å². The van der Waals surface area contributed by atoms with Crippen molar-refractivity contribution in [2.24, 2.45) is 0 Å².